The van der Waals surface area contributed by atoms with E-state index in [0.717, 1.165) is 31.9 Å². The van der Waals surface area contributed by atoms with E-state index in [9.17, 15) is 9.59 Å². The molecular formula is C25H31N9O3. The summed E-state index contributed by atoms with van der Waals surface area (Å²) in [6.45, 7) is 7.71. The second-order valence-corrected chi connectivity index (χ2v) is 9.02. The molecule has 12 heteroatoms. The lowest BCUT2D eigenvalue weighted by Crippen LogP contribution is -2.44. The number of carbonyl (C=O) groups excluding carboxylic acids is 2. The molecule has 3 aromatic rings. The summed E-state index contributed by atoms with van der Waals surface area (Å²) in [5.41, 5.74) is 3.53. The summed E-state index contributed by atoms with van der Waals surface area (Å²) in [6.07, 6.45) is 3.29. The van der Waals surface area contributed by atoms with Crippen LogP contribution < -0.4 is 20.9 Å². The average Bonchev–Trinajstić information content (AvgIpc) is 3.44. The van der Waals surface area contributed by atoms with Crippen LogP contribution in [-0.2, 0) is 14.3 Å². The van der Waals surface area contributed by atoms with Crippen molar-refractivity contribution in [3.8, 4) is 0 Å². The molecule has 12 nitrogen and oxygen atoms in total. The number of hydrogen-bond donors (Lipinski definition) is 3. The first-order chi connectivity index (χ1) is 18.0. The van der Waals surface area contributed by atoms with Gasteiger partial charge in [-0.05, 0) is 44.3 Å². The van der Waals surface area contributed by atoms with Crippen molar-refractivity contribution in [2.24, 2.45) is 0 Å². The molecule has 3 N–H and O–H groups in total. The normalized spacial score (nSPS) is 17.6. The van der Waals surface area contributed by atoms with Crippen molar-refractivity contribution in [2.75, 3.05) is 68.5 Å². The molecular weight excluding hydrogens is 474 g/mol. The van der Waals surface area contributed by atoms with Crippen LogP contribution in [-0.4, -0.2) is 89.3 Å². The summed E-state index contributed by atoms with van der Waals surface area (Å²) in [7, 11) is 2.14. The molecule has 2 aliphatic rings. The summed E-state index contributed by atoms with van der Waals surface area (Å²) in [4.78, 5) is 37.7. The molecule has 0 spiro atoms. The maximum atomic E-state index is 12.1. The Kier molecular flexibility index (Phi) is 7.28. The predicted molar refractivity (Wildman–Crippen MR) is 141 cm³/mol. The molecule has 0 bridgehead atoms. The molecule has 0 atom stereocenters. The van der Waals surface area contributed by atoms with Gasteiger partial charge in [0.2, 0.25) is 17.8 Å². The standard InChI is InChI=1S/C25H31N9O3/c1-3-37-13-8-26-25-31-24(28-19-4-6-20(7-5-19)33-11-9-32(2)10-12-33)30-22-18(16-27-34(22)25)14-17-15-21(35)29-23(17)36/h4-7,14,16H,3,8-13,15H2,1-2H3,(H,29,35,36)(H2,26,28,30,31)/b17-14+. The van der Waals surface area contributed by atoms with Gasteiger partial charge in [-0.3, -0.25) is 14.9 Å². The van der Waals surface area contributed by atoms with E-state index in [1.807, 2.05) is 19.1 Å². The predicted octanol–water partition coefficient (Wildman–Crippen LogP) is 1.50. The first-order valence-corrected chi connectivity index (χ1v) is 12.4. The van der Waals surface area contributed by atoms with Crippen LogP contribution >= 0.6 is 0 Å². The van der Waals surface area contributed by atoms with Crippen molar-refractivity contribution >= 4 is 46.8 Å². The van der Waals surface area contributed by atoms with Crippen LogP contribution in [0.5, 0.6) is 0 Å². The fourth-order valence-corrected chi connectivity index (χ4v) is 4.30. The zero-order chi connectivity index (χ0) is 25.8. The topological polar surface area (TPSA) is 129 Å². The highest BCUT2D eigenvalue weighted by Gasteiger charge is 2.24. The third kappa shape index (κ3) is 5.70. The molecule has 1 aromatic carbocycles. The van der Waals surface area contributed by atoms with Crippen molar-refractivity contribution in [1.29, 1.82) is 0 Å². The molecule has 5 rings (SSSR count). The van der Waals surface area contributed by atoms with Crippen LogP contribution in [0, 0.1) is 0 Å². The van der Waals surface area contributed by atoms with Crippen LogP contribution in [0.2, 0.25) is 0 Å². The highest BCUT2D eigenvalue weighted by atomic mass is 16.5. The third-order valence-electron chi connectivity index (χ3n) is 6.35. The number of amides is 2. The van der Waals surface area contributed by atoms with Gasteiger partial charge in [-0.1, -0.05) is 0 Å². The summed E-state index contributed by atoms with van der Waals surface area (Å²) < 4.78 is 7.01. The minimum absolute atomic E-state index is 0.0332. The zero-order valence-corrected chi connectivity index (χ0v) is 21.0. The zero-order valence-electron chi connectivity index (χ0n) is 21.0. The van der Waals surface area contributed by atoms with Gasteiger partial charge in [-0.15, -0.1) is 0 Å². The molecule has 2 fully saturated rings. The lowest BCUT2D eigenvalue weighted by molar-refractivity contribution is -0.124. The number of piperazine rings is 1. The van der Waals surface area contributed by atoms with Crippen molar-refractivity contribution < 1.29 is 14.3 Å². The van der Waals surface area contributed by atoms with E-state index in [2.05, 4.69) is 60.0 Å². The molecule has 4 heterocycles. The summed E-state index contributed by atoms with van der Waals surface area (Å²) in [5.74, 6) is 0.152. The SMILES string of the molecule is CCOCCNc1nc(Nc2ccc(N3CCN(C)CC3)cc2)nc2c(/C=C3\CC(=O)NC3=O)cnn12. The van der Waals surface area contributed by atoms with E-state index in [1.54, 1.807) is 16.8 Å². The van der Waals surface area contributed by atoms with E-state index in [0.29, 0.717) is 48.4 Å². The Hall–Kier alpha value is -4.03. The highest BCUT2D eigenvalue weighted by Crippen LogP contribution is 2.24. The molecule has 0 saturated carbocycles. The number of rotatable bonds is 9. The van der Waals surface area contributed by atoms with Crippen LogP contribution in [0.25, 0.3) is 11.7 Å². The van der Waals surface area contributed by atoms with Gasteiger partial charge >= 0.3 is 0 Å². The Bertz CT molecular complexity index is 1310. The number of benzene rings is 1. The summed E-state index contributed by atoms with van der Waals surface area (Å²) in [5, 5.41) is 13.2. The highest BCUT2D eigenvalue weighted by molar-refractivity contribution is 6.15. The largest absolute Gasteiger partial charge is 0.380 e. The van der Waals surface area contributed by atoms with Gasteiger partial charge in [-0.25, -0.2) is 0 Å². The Morgan fingerprint density at radius 1 is 1.11 bits per heavy atom. The maximum absolute atomic E-state index is 12.1. The number of anilines is 4. The van der Waals surface area contributed by atoms with Gasteiger partial charge in [-0.2, -0.15) is 19.6 Å². The number of carbonyl (C=O) groups is 2. The minimum atomic E-state index is -0.396. The number of ether oxygens (including phenoxy) is 1. The Morgan fingerprint density at radius 2 is 1.89 bits per heavy atom. The Balaban J connectivity index is 1.41. The van der Waals surface area contributed by atoms with Crippen LogP contribution in [0.1, 0.15) is 18.9 Å². The number of imide groups is 1. The van der Waals surface area contributed by atoms with Gasteiger partial charge in [0, 0.05) is 61.8 Å². The van der Waals surface area contributed by atoms with E-state index >= 15 is 0 Å². The van der Waals surface area contributed by atoms with Gasteiger partial charge in [0.25, 0.3) is 5.91 Å². The van der Waals surface area contributed by atoms with Gasteiger partial charge < -0.3 is 25.2 Å². The van der Waals surface area contributed by atoms with Gasteiger partial charge in [0.05, 0.1) is 19.2 Å². The van der Waals surface area contributed by atoms with Crippen molar-refractivity contribution in [1.82, 2.24) is 29.8 Å². The monoisotopic (exact) mass is 505 g/mol. The van der Waals surface area contributed by atoms with Crippen molar-refractivity contribution in [2.45, 2.75) is 13.3 Å². The fourth-order valence-electron chi connectivity index (χ4n) is 4.30. The quantitative estimate of drug-likeness (QED) is 0.223. The average molecular weight is 506 g/mol. The molecule has 2 saturated heterocycles. The summed E-state index contributed by atoms with van der Waals surface area (Å²) >= 11 is 0. The molecule has 2 aromatic heterocycles. The molecule has 0 aliphatic carbocycles. The number of nitrogens with zero attached hydrogens (tertiary/aromatic N) is 6. The number of nitrogens with one attached hydrogen (secondary N) is 3. The second kappa shape index (κ2) is 10.9. The van der Waals surface area contributed by atoms with Gasteiger partial charge in [0.15, 0.2) is 5.65 Å². The fraction of sp³-hybridized carbons (Fsp3) is 0.400. The van der Waals surface area contributed by atoms with Crippen LogP contribution in [0.3, 0.4) is 0 Å². The molecule has 37 heavy (non-hydrogen) atoms. The maximum Gasteiger partial charge on any atom is 0.254 e. The number of likely N-dealkylation sites (N-methyl/N-ethyl adjacent to an activating group) is 1. The Labute approximate surface area is 214 Å². The van der Waals surface area contributed by atoms with E-state index in [1.165, 1.54) is 5.69 Å². The van der Waals surface area contributed by atoms with Crippen molar-refractivity contribution in [3.05, 3.63) is 41.6 Å². The minimum Gasteiger partial charge on any atom is -0.380 e. The van der Waals surface area contributed by atoms with Crippen molar-refractivity contribution in [3.63, 3.8) is 0 Å². The lowest BCUT2D eigenvalue weighted by atomic mass is 10.1. The van der Waals surface area contributed by atoms with Gasteiger partial charge in [0.1, 0.15) is 0 Å². The third-order valence-corrected chi connectivity index (χ3v) is 6.35. The molecule has 2 aliphatic heterocycles. The lowest BCUT2D eigenvalue weighted by Gasteiger charge is -2.34. The molecule has 194 valence electrons. The first-order valence-electron chi connectivity index (χ1n) is 12.4. The second-order valence-electron chi connectivity index (χ2n) is 9.02. The van der Waals surface area contributed by atoms with E-state index < -0.39 is 5.91 Å². The molecule has 0 radical (unpaired) electrons. The number of fused-ring (bicyclic) bond motifs is 1. The first kappa shape index (κ1) is 24.7. The Morgan fingerprint density at radius 3 is 2.59 bits per heavy atom. The van der Waals surface area contributed by atoms with E-state index in [-0.39, 0.29) is 12.3 Å². The summed E-state index contributed by atoms with van der Waals surface area (Å²) in [6, 6.07) is 8.21. The molecule has 2 amide bonds. The smallest absolute Gasteiger partial charge is 0.254 e. The molecule has 0 unspecified atom stereocenters. The van der Waals surface area contributed by atoms with E-state index in [4.69, 9.17) is 4.74 Å². The number of aromatic nitrogens is 4. The number of hydrogen-bond acceptors (Lipinski definition) is 10. The van der Waals surface area contributed by atoms with Crippen LogP contribution in [0.15, 0.2) is 36.0 Å². The van der Waals surface area contributed by atoms with Crippen LogP contribution in [0.4, 0.5) is 23.3 Å².